The minimum atomic E-state index is -1.40. The first kappa shape index (κ1) is 26.9. The van der Waals surface area contributed by atoms with Crippen molar-refractivity contribution in [1.82, 2.24) is 10.6 Å². The second kappa shape index (κ2) is 13.4. The molecule has 0 bridgehead atoms. The molecule has 6 N–H and O–H groups in total. The number of hydrogen-bond acceptors (Lipinski definition) is 9. The van der Waals surface area contributed by atoms with Gasteiger partial charge < -0.3 is 45.3 Å². The van der Waals surface area contributed by atoms with Gasteiger partial charge in [-0.2, -0.15) is 0 Å². The fraction of sp³-hybridized carbons (Fsp3) is 1.00. The Labute approximate surface area is 186 Å². The summed E-state index contributed by atoms with van der Waals surface area (Å²) >= 11 is 0. The highest BCUT2D eigenvalue weighted by Crippen LogP contribution is 2.28. The monoisotopic (exact) mass is 448 g/mol. The molecule has 0 saturated carbocycles. The maximum absolute atomic E-state index is 10.7. The van der Waals surface area contributed by atoms with E-state index in [0.717, 1.165) is 45.1 Å². The Morgan fingerprint density at radius 3 is 1.84 bits per heavy atom. The molecule has 0 spiro atoms. The topological polar surface area (TPSA) is 133 Å². The van der Waals surface area contributed by atoms with Crippen molar-refractivity contribution < 1.29 is 34.6 Å². The normalized spacial score (nSPS) is 41.4. The Hall–Kier alpha value is -0.360. The second-order valence-electron chi connectivity index (χ2n) is 8.89. The summed E-state index contributed by atoms with van der Waals surface area (Å²) in [6.07, 6.45) is -1.58. The SMILES string of the molecule is CCCCCN[C@H]1[C@H](O)[C@H](O)[C@@H](O[C@@H]2[C@H](O)[C@@H](O)O[C@H](C)[C@H]2NCCCCC)O[C@@H]1C. The average molecular weight is 449 g/mol. The number of ether oxygens (including phenoxy) is 3. The molecule has 10 atom stereocenters. The molecule has 2 heterocycles. The van der Waals surface area contributed by atoms with Gasteiger partial charge in [0.15, 0.2) is 12.6 Å². The Morgan fingerprint density at radius 1 is 0.710 bits per heavy atom. The van der Waals surface area contributed by atoms with E-state index in [0.29, 0.717) is 6.54 Å². The van der Waals surface area contributed by atoms with E-state index in [-0.39, 0.29) is 0 Å². The zero-order chi connectivity index (χ0) is 23.0. The van der Waals surface area contributed by atoms with Crippen LogP contribution in [-0.2, 0) is 14.2 Å². The van der Waals surface area contributed by atoms with Gasteiger partial charge in [0.1, 0.15) is 24.4 Å². The van der Waals surface area contributed by atoms with Crippen molar-refractivity contribution in [2.24, 2.45) is 0 Å². The zero-order valence-electron chi connectivity index (χ0n) is 19.4. The van der Waals surface area contributed by atoms with Crippen molar-refractivity contribution in [3.8, 4) is 0 Å². The maximum Gasteiger partial charge on any atom is 0.186 e. The van der Waals surface area contributed by atoms with Gasteiger partial charge in [0.2, 0.25) is 0 Å². The molecule has 184 valence electrons. The molecular weight excluding hydrogens is 404 g/mol. The Morgan fingerprint density at radius 2 is 1.26 bits per heavy atom. The van der Waals surface area contributed by atoms with E-state index in [1.165, 1.54) is 0 Å². The lowest BCUT2D eigenvalue weighted by molar-refractivity contribution is -0.328. The average Bonchev–Trinajstić information content (AvgIpc) is 2.73. The third-order valence-electron chi connectivity index (χ3n) is 6.31. The Bertz CT molecular complexity index is 500. The first-order chi connectivity index (χ1) is 14.8. The van der Waals surface area contributed by atoms with E-state index < -0.39 is 61.3 Å². The largest absolute Gasteiger partial charge is 0.388 e. The third kappa shape index (κ3) is 7.31. The molecule has 2 fully saturated rings. The molecule has 0 aromatic rings. The highest BCUT2D eigenvalue weighted by atomic mass is 16.7. The molecule has 0 aliphatic carbocycles. The number of hydrogen-bond donors (Lipinski definition) is 6. The van der Waals surface area contributed by atoms with Gasteiger partial charge in [0.25, 0.3) is 0 Å². The van der Waals surface area contributed by atoms with E-state index in [1.807, 2.05) is 6.92 Å². The quantitative estimate of drug-likeness (QED) is 0.232. The smallest absolute Gasteiger partial charge is 0.186 e. The molecule has 0 aromatic heterocycles. The van der Waals surface area contributed by atoms with Crippen LogP contribution in [0.25, 0.3) is 0 Å². The fourth-order valence-corrected chi connectivity index (χ4v) is 4.34. The van der Waals surface area contributed by atoms with Crippen LogP contribution in [0.1, 0.15) is 66.2 Å². The molecule has 2 aliphatic rings. The molecule has 31 heavy (non-hydrogen) atoms. The van der Waals surface area contributed by atoms with Gasteiger partial charge in [-0.25, -0.2) is 0 Å². The summed E-state index contributed by atoms with van der Waals surface area (Å²) < 4.78 is 17.3. The van der Waals surface area contributed by atoms with Crippen molar-refractivity contribution in [3.63, 3.8) is 0 Å². The van der Waals surface area contributed by atoms with Crippen molar-refractivity contribution in [2.75, 3.05) is 13.1 Å². The molecule has 9 heteroatoms. The first-order valence-electron chi connectivity index (χ1n) is 12.0. The number of unbranched alkanes of at least 4 members (excludes halogenated alkanes) is 4. The van der Waals surface area contributed by atoms with Gasteiger partial charge in [0.05, 0.1) is 24.3 Å². The van der Waals surface area contributed by atoms with Gasteiger partial charge >= 0.3 is 0 Å². The third-order valence-corrected chi connectivity index (χ3v) is 6.31. The van der Waals surface area contributed by atoms with Crippen LogP contribution in [0.15, 0.2) is 0 Å². The van der Waals surface area contributed by atoms with Crippen LogP contribution >= 0.6 is 0 Å². The van der Waals surface area contributed by atoms with E-state index in [2.05, 4.69) is 24.5 Å². The summed E-state index contributed by atoms with van der Waals surface area (Å²) in [5, 5.41) is 48.6. The van der Waals surface area contributed by atoms with Crippen LogP contribution in [0.2, 0.25) is 0 Å². The molecule has 0 unspecified atom stereocenters. The highest BCUT2D eigenvalue weighted by Gasteiger charge is 2.49. The lowest BCUT2D eigenvalue weighted by Crippen LogP contribution is -2.67. The van der Waals surface area contributed by atoms with Crippen molar-refractivity contribution in [3.05, 3.63) is 0 Å². The minimum absolute atomic E-state index is 0.400. The summed E-state index contributed by atoms with van der Waals surface area (Å²) in [5.41, 5.74) is 0. The van der Waals surface area contributed by atoms with E-state index in [4.69, 9.17) is 14.2 Å². The minimum Gasteiger partial charge on any atom is -0.388 e. The number of aliphatic hydroxyl groups is 4. The standard InChI is InChI=1S/C22H44N2O7/c1-5-7-9-11-23-15-13(3)30-22(18(26)17(15)25)31-20-16(24-12-10-8-6-2)14(4)29-21(28)19(20)27/h13-28H,5-12H2,1-4H3/t13-,14-,15-,16-,17+,18+,19+,20+,21+,22-/m1/s1. The van der Waals surface area contributed by atoms with Crippen LogP contribution in [-0.4, -0.2) is 94.8 Å². The summed E-state index contributed by atoms with van der Waals surface area (Å²) in [7, 11) is 0. The van der Waals surface area contributed by atoms with Crippen molar-refractivity contribution in [2.45, 2.75) is 128 Å². The second-order valence-corrected chi connectivity index (χ2v) is 8.89. The molecule has 0 radical (unpaired) electrons. The summed E-state index contributed by atoms with van der Waals surface area (Å²) in [6, 6.07) is -0.817. The molecular formula is C22H44N2O7. The fourth-order valence-electron chi connectivity index (χ4n) is 4.34. The summed E-state index contributed by atoms with van der Waals surface area (Å²) in [4.78, 5) is 0. The van der Waals surface area contributed by atoms with Gasteiger partial charge in [-0.3, -0.25) is 0 Å². The van der Waals surface area contributed by atoms with Gasteiger partial charge in [-0.1, -0.05) is 39.5 Å². The number of rotatable bonds is 12. The van der Waals surface area contributed by atoms with Crippen molar-refractivity contribution >= 4 is 0 Å². The summed E-state index contributed by atoms with van der Waals surface area (Å²) in [5.74, 6) is 0. The van der Waals surface area contributed by atoms with E-state index >= 15 is 0 Å². The lowest BCUT2D eigenvalue weighted by atomic mass is 9.94. The maximum atomic E-state index is 10.7. The Balaban J connectivity index is 2.01. The number of aliphatic hydroxyl groups excluding tert-OH is 4. The number of nitrogens with one attached hydrogen (secondary N) is 2. The van der Waals surface area contributed by atoms with Crippen LogP contribution in [0.5, 0.6) is 0 Å². The van der Waals surface area contributed by atoms with Crippen LogP contribution < -0.4 is 10.6 Å². The van der Waals surface area contributed by atoms with Crippen LogP contribution in [0, 0.1) is 0 Å². The predicted octanol–water partition coefficient (Wildman–Crippen LogP) is 0.233. The summed E-state index contributed by atoms with van der Waals surface area (Å²) in [6.45, 7) is 9.31. The van der Waals surface area contributed by atoms with E-state index in [1.54, 1.807) is 6.92 Å². The molecule has 0 aromatic carbocycles. The molecule has 2 aliphatic heterocycles. The molecule has 2 rings (SSSR count). The van der Waals surface area contributed by atoms with Crippen molar-refractivity contribution in [1.29, 1.82) is 0 Å². The molecule has 2 saturated heterocycles. The lowest BCUT2D eigenvalue weighted by Gasteiger charge is -2.47. The zero-order valence-corrected chi connectivity index (χ0v) is 19.4. The van der Waals surface area contributed by atoms with Gasteiger partial charge in [0, 0.05) is 0 Å². The molecule has 0 amide bonds. The van der Waals surface area contributed by atoms with Crippen LogP contribution in [0.4, 0.5) is 0 Å². The van der Waals surface area contributed by atoms with Gasteiger partial charge in [-0.05, 0) is 39.8 Å². The van der Waals surface area contributed by atoms with Gasteiger partial charge in [-0.15, -0.1) is 0 Å². The van der Waals surface area contributed by atoms with E-state index in [9.17, 15) is 20.4 Å². The molecule has 9 nitrogen and oxygen atoms in total. The predicted molar refractivity (Wildman–Crippen MR) is 116 cm³/mol. The van der Waals surface area contributed by atoms with Crippen LogP contribution in [0.3, 0.4) is 0 Å². The highest BCUT2D eigenvalue weighted by molar-refractivity contribution is 4.97. The first-order valence-corrected chi connectivity index (χ1v) is 12.0. The Kier molecular flexibility index (Phi) is 11.6.